The zero-order valence-electron chi connectivity index (χ0n) is 25.5. The van der Waals surface area contributed by atoms with Gasteiger partial charge < -0.3 is 29.6 Å². The number of carbonyl (C=O) groups excluding carboxylic acids is 1. The molecule has 2 aromatic heterocycles. The van der Waals surface area contributed by atoms with Gasteiger partial charge in [0, 0.05) is 38.5 Å². The Balaban J connectivity index is 1.95. The Hall–Kier alpha value is -3.85. The second-order valence-corrected chi connectivity index (χ2v) is 11.2. The number of hydrogen-bond acceptors (Lipinski definition) is 7. The lowest BCUT2D eigenvalue weighted by Crippen LogP contribution is -2.34. The van der Waals surface area contributed by atoms with Crippen molar-refractivity contribution in [2.75, 3.05) is 40.1 Å². The maximum atomic E-state index is 13.7. The van der Waals surface area contributed by atoms with Gasteiger partial charge in [0.25, 0.3) is 5.91 Å². The number of likely N-dealkylation sites (N-methyl/N-ethyl adjacent to an activating group) is 1. The van der Waals surface area contributed by atoms with Crippen LogP contribution in [0.5, 0.6) is 5.88 Å². The van der Waals surface area contributed by atoms with Crippen LogP contribution in [0.3, 0.4) is 0 Å². The number of ether oxygens (including phenoxy) is 2. The van der Waals surface area contributed by atoms with E-state index in [0.29, 0.717) is 23.3 Å². The van der Waals surface area contributed by atoms with Crippen molar-refractivity contribution in [2.24, 2.45) is 12.5 Å². The summed E-state index contributed by atoms with van der Waals surface area (Å²) >= 11 is 0. The number of aromatic nitrogens is 3. The van der Waals surface area contributed by atoms with Crippen LogP contribution in [0.25, 0.3) is 5.76 Å². The summed E-state index contributed by atoms with van der Waals surface area (Å²) in [4.78, 5) is 24.3. The smallest absolute Gasteiger partial charge is 0.268 e. The Morgan fingerprint density at radius 2 is 1.98 bits per heavy atom. The number of methoxy groups -OCH3 is 1. The van der Waals surface area contributed by atoms with Gasteiger partial charge in [-0.15, -0.1) is 0 Å². The van der Waals surface area contributed by atoms with Crippen LogP contribution in [-0.4, -0.2) is 66.2 Å². The molecule has 1 atom stereocenters. The first-order valence-electron chi connectivity index (χ1n) is 13.6. The predicted octanol–water partition coefficient (Wildman–Crippen LogP) is 5.10. The molecule has 0 fully saturated rings. The highest BCUT2D eigenvalue weighted by Crippen LogP contribution is 2.32. The Labute approximate surface area is 238 Å². The van der Waals surface area contributed by atoms with Crippen LogP contribution in [-0.2, 0) is 11.8 Å². The third kappa shape index (κ3) is 7.41. The molecule has 2 aromatic rings. The van der Waals surface area contributed by atoms with Crippen molar-refractivity contribution >= 4 is 17.6 Å². The zero-order valence-corrected chi connectivity index (χ0v) is 25.5. The molecule has 40 heavy (non-hydrogen) atoms. The number of nitrogens with one attached hydrogen (secondary N) is 2. The van der Waals surface area contributed by atoms with Crippen LogP contribution in [0, 0.1) is 12.3 Å². The van der Waals surface area contributed by atoms with Crippen LogP contribution in [0.1, 0.15) is 55.9 Å². The highest BCUT2D eigenvalue weighted by molar-refractivity contribution is 5.94. The minimum absolute atomic E-state index is 0.113. The van der Waals surface area contributed by atoms with E-state index in [2.05, 4.69) is 58.4 Å². The molecule has 0 aromatic carbocycles. The first-order chi connectivity index (χ1) is 18.9. The summed E-state index contributed by atoms with van der Waals surface area (Å²) in [7, 11) is 9.36. The Kier molecular flexibility index (Phi) is 9.98. The molecule has 0 spiro atoms. The highest BCUT2D eigenvalue weighted by atomic mass is 16.5. The van der Waals surface area contributed by atoms with Crippen LogP contribution in [0.2, 0.25) is 0 Å². The second kappa shape index (κ2) is 13.0. The predicted molar refractivity (Wildman–Crippen MR) is 161 cm³/mol. The fourth-order valence-electron chi connectivity index (χ4n) is 4.59. The van der Waals surface area contributed by atoms with Crippen molar-refractivity contribution in [2.45, 2.75) is 47.1 Å². The zero-order chi connectivity index (χ0) is 29.6. The summed E-state index contributed by atoms with van der Waals surface area (Å²) in [6.45, 7) is 11.3. The number of rotatable bonds is 10. The molecule has 9 heteroatoms. The van der Waals surface area contributed by atoms with Gasteiger partial charge in [-0.2, -0.15) is 4.98 Å². The van der Waals surface area contributed by atoms with Gasteiger partial charge in [-0.1, -0.05) is 39.8 Å². The van der Waals surface area contributed by atoms with Gasteiger partial charge >= 0.3 is 0 Å². The molecule has 2 N–H and O–H groups in total. The summed E-state index contributed by atoms with van der Waals surface area (Å²) < 4.78 is 13.8. The number of amides is 1. The Morgan fingerprint density at radius 3 is 2.58 bits per heavy atom. The van der Waals surface area contributed by atoms with Gasteiger partial charge in [0.05, 0.1) is 18.8 Å². The van der Waals surface area contributed by atoms with E-state index >= 15 is 0 Å². The van der Waals surface area contributed by atoms with Gasteiger partial charge in [-0.25, -0.2) is 4.98 Å². The fourth-order valence-corrected chi connectivity index (χ4v) is 4.59. The molecule has 0 aliphatic heterocycles. The lowest BCUT2D eigenvalue weighted by Gasteiger charge is -2.23. The lowest BCUT2D eigenvalue weighted by molar-refractivity contribution is 0.0941. The van der Waals surface area contributed by atoms with E-state index in [9.17, 15) is 4.79 Å². The van der Waals surface area contributed by atoms with Crippen molar-refractivity contribution in [1.29, 1.82) is 0 Å². The van der Waals surface area contributed by atoms with Crippen molar-refractivity contribution in [3.63, 3.8) is 0 Å². The maximum Gasteiger partial charge on any atom is 0.268 e. The van der Waals surface area contributed by atoms with Crippen molar-refractivity contribution in [1.82, 2.24) is 24.8 Å². The maximum absolute atomic E-state index is 13.7. The van der Waals surface area contributed by atoms with Crippen molar-refractivity contribution in [3.8, 4) is 5.88 Å². The molecule has 1 aliphatic rings. The van der Waals surface area contributed by atoms with Crippen molar-refractivity contribution in [3.05, 3.63) is 76.5 Å². The largest absolute Gasteiger partial charge is 0.497 e. The Morgan fingerprint density at radius 1 is 1.25 bits per heavy atom. The number of allylic oxidation sites excluding steroid dienone is 3. The minimum atomic E-state index is -0.353. The van der Waals surface area contributed by atoms with E-state index in [1.54, 1.807) is 26.4 Å². The standard InChI is InChI=1S/C31H44N6O3/c1-11-12-25(40-27-13-14-33-30(32-6)35-27)28-20(2)15-24(37(28)9)29(38)34-23-17-22(31(3,4)5)16-21(19-36(7)8)26(18-23)39-10/h12-18,23H,11,19H2,1-10H3,(H,34,38)(H,32,33,35)/b25-12+. The number of hydrogen-bond donors (Lipinski definition) is 2. The molecule has 3 rings (SSSR count). The molecular formula is C31H44N6O3. The molecule has 1 unspecified atom stereocenters. The molecule has 0 bridgehead atoms. The average molecular weight is 549 g/mol. The molecule has 1 aliphatic carbocycles. The molecule has 9 nitrogen and oxygen atoms in total. The summed E-state index contributed by atoms with van der Waals surface area (Å²) in [6, 6.07) is 3.24. The third-order valence-electron chi connectivity index (χ3n) is 6.55. The highest BCUT2D eigenvalue weighted by Gasteiger charge is 2.25. The monoisotopic (exact) mass is 548 g/mol. The van der Waals surface area contributed by atoms with Crippen molar-refractivity contribution < 1.29 is 14.3 Å². The lowest BCUT2D eigenvalue weighted by atomic mass is 9.84. The molecule has 0 saturated heterocycles. The SMILES string of the molecule is CC/C=C(/Oc1ccnc(NC)n1)c1c(C)cc(C(=O)NC2C=C(OC)C(CN(C)C)=CC(C(C)(C)C)=C2)n1C. The van der Waals surface area contributed by atoms with E-state index in [1.807, 2.05) is 57.8 Å². The van der Waals surface area contributed by atoms with Crippen LogP contribution >= 0.6 is 0 Å². The number of nitrogens with zero attached hydrogens (tertiary/aromatic N) is 4. The molecular weight excluding hydrogens is 504 g/mol. The molecule has 2 heterocycles. The second-order valence-electron chi connectivity index (χ2n) is 11.2. The van der Waals surface area contributed by atoms with Crippen LogP contribution in [0.4, 0.5) is 5.95 Å². The molecule has 0 saturated carbocycles. The van der Waals surface area contributed by atoms with E-state index in [-0.39, 0.29) is 17.4 Å². The average Bonchev–Trinajstić information content (AvgIpc) is 3.06. The van der Waals surface area contributed by atoms with Gasteiger partial charge in [0.1, 0.15) is 17.2 Å². The van der Waals surface area contributed by atoms with Crippen LogP contribution in [0.15, 0.2) is 59.5 Å². The summed E-state index contributed by atoms with van der Waals surface area (Å²) in [5.74, 6) is 2.08. The molecule has 216 valence electrons. The van der Waals surface area contributed by atoms with E-state index in [4.69, 9.17) is 9.47 Å². The van der Waals surface area contributed by atoms with Crippen LogP contribution < -0.4 is 15.4 Å². The number of anilines is 1. The van der Waals surface area contributed by atoms with E-state index in [0.717, 1.165) is 41.1 Å². The molecule has 1 amide bonds. The number of aryl methyl sites for hydroxylation is 1. The third-order valence-corrected chi connectivity index (χ3v) is 6.55. The summed E-state index contributed by atoms with van der Waals surface area (Å²) in [5.41, 5.74) is 4.35. The normalized spacial score (nSPS) is 16.1. The van der Waals surface area contributed by atoms with Gasteiger partial charge in [-0.3, -0.25) is 4.79 Å². The summed E-state index contributed by atoms with van der Waals surface area (Å²) in [6.07, 6.45) is 10.6. The van der Waals surface area contributed by atoms with Gasteiger partial charge in [0.2, 0.25) is 11.8 Å². The summed E-state index contributed by atoms with van der Waals surface area (Å²) in [5, 5.41) is 6.13. The minimum Gasteiger partial charge on any atom is -0.497 e. The van der Waals surface area contributed by atoms with Gasteiger partial charge in [0.15, 0.2) is 0 Å². The van der Waals surface area contributed by atoms with E-state index < -0.39 is 0 Å². The topological polar surface area (TPSA) is 93.5 Å². The van der Waals surface area contributed by atoms with Gasteiger partial charge in [-0.05, 0) is 62.2 Å². The molecule has 0 radical (unpaired) electrons. The first kappa shape index (κ1) is 30.7. The first-order valence-corrected chi connectivity index (χ1v) is 13.6. The quantitative estimate of drug-likeness (QED) is 0.399. The fraction of sp³-hybridized carbons (Fsp3) is 0.452. The number of carbonyl (C=O) groups is 1. The Bertz CT molecular complexity index is 1340. The van der Waals surface area contributed by atoms with E-state index in [1.165, 1.54) is 0 Å².